The standard InChI is InChI=1S/C14H15BrClNO/c1-2-13(10-3-5-11(16)6-4-10)17-9-14-12(15)7-8-18-14/h3-8,13,17H,2,9H2,1H3. The maximum atomic E-state index is 5.90. The molecule has 0 spiro atoms. The fourth-order valence-corrected chi connectivity index (χ4v) is 2.33. The van der Waals surface area contributed by atoms with Crippen LogP contribution in [0.3, 0.4) is 0 Å². The smallest absolute Gasteiger partial charge is 0.131 e. The summed E-state index contributed by atoms with van der Waals surface area (Å²) >= 11 is 9.35. The average Bonchev–Trinajstić information content (AvgIpc) is 2.78. The summed E-state index contributed by atoms with van der Waals surface area (Å²) in [5.41, 5.74) is 1.24. The summed E-state index contributed by atoms with van der Waals surface area (Å²) in [6, 6.07) is 10.2. The van der Waals surface area contributed by atoms with Gasteiger partial charge in [-0.05, 0) is 46.1 Å². The van der Waals surface area contributed by atoms with Crippen molar-refractivity contribution in [2.24, 2.45) is 0 Å². The molecule has 0 aliphatic heterocycles. The molecule has 2 nitrogen and oxygen atoms in total. The molecule has 0 fully saturated rings. The molecule has 2 aromatic rings. The number of hydrogen-bond acceptors (Lipinski definition) is 2. The first-order valence-electron chi connectivity index (χ1n) is 5.91. The zero-order chi connectivity index (χ0) is 13.0. The highest BCUT2D eigenvalue weighted by Gasteiger charge is 2.10. The maximum absolute atomic E-state index is 5.90. The van der Waals surface area contributed by atoms with Gasteiger partial charge in [0.15, 0.2) is 0 Å². The van der Waals surface area contributed by atoms with Gasteiger partial charge in [-0.3, -0.25) is 0 Å². The van der Waals surface area contributed by atoms with Crippen molar-refractivity contribution >= 4 is 27.5 Å². The van der Waals surface area contributed by atoms with Crippen LogP contribution in [0, 0.1) is 0 Å². The average molecular weight is 329 g/mol. The summed E-state index contributed by atoms with van der Waals surface area (Å²) in [6.07, 6.45) is 2.70. The van der Waals surface area contributed by atoms with E-state index in [1.165, 1.54) is 5.56 Å². The van der Waals surface area contributed by atoms with Gasteiger partial charge in [-0.1, -0.05) is 30.7 Å². The van der Waals surface area contributed by atoms with Crippen LogP contribution in [-0.4, -0.2) is 0 Å². The Balaban J connectivity index is 2.01. The number of nitrogens with one attached hydrogen (secondary N) is 1. The molecule has 0 aliphatic carbocycles. The third-order valence-corrected chi connectivity index (χ3v) is 3.84. The summed E-state index contributed by atoms with van der Waals surface area (Å²) in [6.45, 7) is 2.86. The molecule has 0 radical (unpaired) electrons. The zero-order valence-corrected chi connectivity index (χ0v) is 12.5. The predicted octanol–water partition coefficient (Wildman–Crippen LogP) is 4.94. The highest BCUT2D eigenvalue weighted by atomic mass is 79.9. The van der Waals surface area contributed by atoms with Crippen LogP contribution >= 0.6 is 27.5 Å². The van der Waals surface area contributed by atoms with Gasteiger partial charge < -0.3 is 9.73 Å². The molecule has 0 saturated heterocycles. The molecule has 1 aromatic carbocycles. The number of rotatable bonds is 5. The topological polar surface area (TPSA) is 25.2 Å². The lowest BCUT2D eigenvalue weighted by atomic mass is 10.0. The van der Waals surface area contributed by atoms with E-state index >= 15 is 0 Å². The van der Waals surface area contributed by atoms with E-state index in [1.807, 2.05) is 18.2 Å². The van der Waals surface area contributed by atoms with Crippen LogP contribution in [0.15, 0.2) is 45.5 Å². The molecule has 1 N–H and O–H groups in total. The van der Waals surface area contributed by atoms with E-state index in [9.17, 15) is 0 Å². The first kappa shape index (κ1) is 13.7. The fraction of sp³-hybridized carbons (Fsp3) is 0.286. The van der Waals surface area contributed by atoms with Gasteiger partial charge >= 0.3 is 0 Å². The first-order chi connectivity index (χ1) is 8.70. The quantitative estimate of drug-likeness (QED) is 0.841. The van der Waals surface area contributed by atoms with E-state index in [4.69, 9.17) is 16.0 Å². The van der Waals surface area contributed by atoms with Gasteiger partial charge in [0.05, 0.1) is 17.3 Å². The second kappa shape index (κ2) is 6.41. The molecule has 0 amide bonds. The van der Waals surface area contributed by atoms with E-state index in [0.717, 1.165) is 21.7 Å². The van der Waals surface area contributed by atoms with Crippen LogP contribution in [0.2, 0.25) is 5.02 Å². The molecule has 4 heteroatoms. The molecule has 0 aliphatic rings. The Bertz CT molecular complexity index is 495. The van der Waals surface area contributed by atoms with Gasteiger partial charge in [0.2, 0.25) is 0 Å². The van der Waals surface area contributed by atoms with Gasteiger partial charge in [0, 0.05) is 11.1 Å². The third-order valence-electron chi connectivity index (χ3n) is 2.88. The van der Waals surface area contributed by atoms with Gasteiger partial charge in [-0.25, -0.2) is 0 Å². The van der Waals surface area contributed by atoms with Gasteiger partial charge in [-0.2, -0.15) is 0 Å². The minimum absolute atomic E-state index is 0.305. The first-order valence-corrected chi connectivity index (χ1v) is 7.08. The van der Waals surface area contributed by atoms with E-state index in [1.54, 1.807) is 6.26 Å². The summed E-state index contributed by atoms with van der Waals surface area (Å²) in [5.74, 6) is 0.919. The molecule has 0 saturated carbocycles. The lowest BCUT2D eigenvalue weighted by Gasteiger charge is -2.17. The highest BCUT2D eigenvalue weighted by molar-refractivity contribution is 9.10. The van der Waals surface area contributed by atoms with Crippen LogP contribution in [0.5, 0.6) is 0 Å². The Morgan fingerprint density at radius 1 is 1.28 bits per heavy atom. The van der Waals surface area contributed by atoms with Crippen molar-refractivity contribution < 1.29 is 4.42 Å². The Kier molecular flexibility index (Phi) is 4.87. The van der Waals surface area contributed by atoms with E-state index in [0.29, 0.717) is 12.6 Å². The molecule has 0 bridgehead atoms. The maximum Gasteiger partial charge on any atom is 0.131 e. The minimum atomic E-state index is 0.305. The summed E-state index contributed by atoms with van der Waals surface area (Å²) < 4.78 is 6.38. The van der Waals surface area contributed by atoms with E-state index < -0.39 is 0 Å². The Labute approximate surface area is 120 Å². The molecule has 1 aromatic heterocycles. The van der Waals surface area contributed by atoms with Gasteiger partial charge in [-0.15, -0.1) is 0 Å². The van der Waals surface area contributed by atoms with Gasteiger partial charge in [0.1, 0.15) is 5.76 Å². The van der Waals surface area contributed by atoms with Crippen LogP contribution in [0.1, 0.15) is 30.7 Å². The van der Waals surface area contributed by atoms with Gasteiger partial charge in [0.25, 0.3) is 0 Å². The minimum Gasteiger partial charge on any atom is -0.467 e. The van der Waals surface area contributed by atoms with Crippen molar-refractivity contribution in [3.63, 3.8) is 0 Å². The molecule has 2 rings (SSSR count). The van der Waals surface area contributed by atoms with Crippen molar-refractivity contribution in [3.05, 3.63) is 57.4 Å². The molecule has 18 heavy (non-hydrogen) atoms. The van der Waals surface area contributed by atoms with Crippen molar-refractivity contribution in [1.82, 2.24) is 5.32 Å². The number of furan rings is 1. The largest absolute Gasteiger partial charge is 0.467 e. The molecule has 96 valence electrons. The highest BCUT2D eigenvalue weighted by Crippen LogP contribution is 2.22. The Morgan fingerprint density at radius 2 is 2.00 bits per heavy atom. The number of benzene rings is 1. The Hall–Kier alpha value is -0.770. The lowest BCUT2D eigenvalue weighted by Crippen LogP contribution is -2.20. The van der Waals surface area contributed by atoms with Crippen LogP contribution in [0.4, 0.5) is 0 Å². The Morgan fingerprint density at radius 3 is 2.56 bits per heavy atom. The van der Waals surface area contributed by atoms with Crippen molar-refractivity contribution in [3.8, 4) is 0 Å². The monoisotopic (exact) mass is 327 g/mol. The molecule has 1 unspecified atom stereocenters. The normalized spacial score (nSPS) is 12.6. The van der Waals surface area contributed by atoms with Crippen LogP contribution in [0.25, 0.3) is 0 Å². The van der Waals surface area contributed by atoms with Crippen LogP contribution < -0.4 is 5.32 Å². The molecule has 1 atom stereocenters. The van der Waals surface area contributed by atoms with Crippen molar-refractivity contribution in [2.75, 3.05) is 0 Å². The number of hydrogen-bond donors (Lipinski definition) is 1. The van der Waals surface area contributed by atoms with E-state index in [-0.39, 0.29) is 0 Å². The van der Waals surface area contributed by atoms with Crippen molar-refractivity contribution in [2.45, 2.75) is 25.9 Å². The summed E-state index contributed by atoms with van der Waals surface area (Å²) in [7, 11) is 0. The zero-order valence-electron chi connectivity index (χ0n) is 10.1. The SMILES string of the molecule is CCC(NCc1occc1Br)c1ccc(Cl)cc1. The summed E-state index contributed by atoms with van der Waals surface area (Å²) in [4.78, 5) is 0. The predicted molar refractivity (Wildman–Crippen MR) is 77.7 cm³/mol. The van der Waals surface area contributed by atoms with Crippen LogP contribution in [-0.2, 0) is 6.54 Å². The van der Waals surface area contributed by atoms with Crippen molar-refractivity contribution in [1.29, 1.82) is 0 Å². The lowest BCUT2D eigenvalue weighted by molar-refractivity contribution is 0.441. The third kappa shape index (κ3) is 3.37. The number of halogens is 2. The molecular formula is C14H15BrClNO. The summed E-state index contributed by atoms with van der Waals surface area (Å²) in [5, 5.41) is 4.25. The second-order valence-corrected chi connectivity index (χ2v) is 5.38. The fourth-order valence-electron chi connectivity index (χ4n) is 1.86. The molecular weight excluding hydrogens is 314 g/mol. The molecule has 1 heterocycles. The second-order valence-electron chi connectivity index (χ2n) is 4.09. The van der Waals surface area contributed by atoms with E-state index in [2.05, 4.69) is 40.3 Å².